The smallest absolute Gasteiger partial charge is 0.293 e. The van der Waals surface area contributed by atoms with E-state index in [1.807, 2.05) is 89.3 Å². The van der Waals surface area contributed by atoms with Crippen LogP contribution in [0.3, 0.4) is 0 Å². The van der Waals surface area contributed by atoms with Crippen molar-refractivity contribution in [3.8, 4) is 22.5 Å². The maximum atomic E-state index is 11.3. The van der Waals surface area contributed by atoms with Crippen LogP contribution in [-0.4, -0.2) is 46.7 Å². The molecule has 0 aliphatic rings. The van der Waals surface area contributed by atoms with Gasteiger partial charge in [0.25, 0.3) is 6.47 Å². The number of imidazole rings is 1. The lowest BCUT2D eigenvalue weighted by atomic mass is 10.1. The van der Waals surface area contributed by atoms with Crippen molar-refractivity contribution in [3.05, 3.63) is 125 Å². The van der Waals surface area contributed by atoms with Gasteiger partial charge in [-0.05, 0) is 81.1 Å². The van der Waals surface area contributed by atoms with Crippen molar-refractivity contribution in [2.45, 2.75) is 53.2 Å². The summed E-state index contributed by atoms with van der Waals surface area (Å²) in [5, 5.41) is 0.711. The van der Waals surface area contributed by atoms with Crippen molar-refractivity contribution in [2.75, 3.05) is 14.2 Å². The first-order valence-electron chi connectivity index (χ1n) is 15.7. The van der Waals surface area contributed by atoms with Crippen LogP contribution in [-0.2, 0) is 32.7 Å². The number of halogens is 1. The Morgan fingerprint density at radius 1 is 1.00 bits per heavy atom. The van der Waals surface area contributed by atoms with Crippen LogP contribution < -0.4 is 0 Å². The van der Waals surface area contributed by atoms with Crippen LogP contribution in [0, 0.1) is 6.92 Å². The van der Waals surface area contributed by atoms with Crippen molar-refractivity contribution < 1.29 is 19.1 Å². The van der Waals surface area contributed by atoms with Crippen molar-refractivity contribution >= 4 is 36.5 Å². The number of carbonyl (C=O) groups is 2. The van der Waals surface area contributed by atoms with Gasteiger partial charge in [0.2, 0.25) is 0 Å². The van der Waals surface area contributed by atoms with Gasteiger partial charge >= 0.3 is 0 Å². The zero-order valence-corrected chi connectivity index (χ0v) is 30.1. The van der Waals surface area contributed by atoms with E-state index in [4.69, 9.17) is 16.6 Å². The van der Waals surface area contributed by atoms with Gasteiger partial charge < -0.3 is 18.6 Å². The minimum absolute atomic E-state index is 0.318. The molecular formula is C40H48ClN3O4. The summed E-state index contributed by atoms with van der Waals surface area (Å²) >= 11 is 6.18. The number of carbonyl (C=O) groups excluding carboxylic acids is 2. The number of aromatic nitrogens is 3. The van der Waals surface area contributed by atoms with Crippen LogP contribution in [0.1, 0.15) is 51.1 Å². The summed E-state index contributed by atoms with van der Waals surface area (Å²) in [7, 11) is 5.30. The number of nitrogens with zero attached hydrogens (tertiary/aromatic N) is 3. The topological polar surface area (TPSA) is 75.4 Å². The monoisotopic (exact) mass is 669 g/mol. The van der Waals surface area contributed by atoms with Crippen LogP contribution in [0.5, 0.6) is 0 Å². The molecule has 0 aliphatic carbocycles. The first-order chi connectivity index (χ1) is 23.0. The molecule has 0 N–H and O–H groups in total. The van der Waals surface area contributed by atoms with Gasteiger partial charge in [0, 0.05) is 62.1 Å². The van der Waals surface area contributed by atoms with Crippen LogP contribution in [0.25, 0.3) is 34.7 Å². The SMILES string of the molecule is CC(C)(C)OC=O.CC\C=C/C(C=O)=C\C=C\Cn1cc(-c2ccc(Cl)cc2C)nc1/C=C/c1ccc(-c2cccn2C)cc1.COC. The number of benzene rings is 2. The van der Waals surface area contributed by atoms with Crippen molar-refractivity contribution in [2.24, 2.45) is 7.05 Å². The fraction of sp³-hybridized carbons (Fsp3) is 0.275. The second-order valence-electron chi connectivity index (χ2n) is 11.8. The fourth-order valence-electron chi connectivity index (χ4n) is 4.34. The van der Waals surface area contributed by atoms with Gasteiger partial charge in [0.05, 0.1) is 5.69 Å². The van der Waals surface area contributed by atoms with E-state index in [1.165, 1.54) is 11.3 Å². The number of rotatable bonds is 11. The molecule has 0 unspecified atom stereocenters. The van der Waals surface area contributed by atoms with Crippen LogP contribution in [0.4, 0.5) is 0 Å². The third kappa shape index (κ3) is 13.6. The maximum absolute atomic E-state index is 11.3. The van der Waals surface area contributed by atoms with Gasteiger partial charge in [-0.3, -0.25) is 9.59 Å². The Labute approximate surface area is 290 Å². The van der Waals surface area contributed by atoms with E-state index >= 15 is 0 Å². The molecule has 0 saturated heterocycles. The zero-order valence-electron chi connectivity index (χ0n) is 29.3. The van der Waals surface area contributed by atoms with Crippen LogP contribution in [0.2, 0.25) is 5.02 Å². The second kappa shape index (κ2) is 20.5. The molecule has 0 radical (unpaired) electrons. The number of aryl methyl sites for hydroxylation is 2. The molecule has 0 aliphatic heterocycles. The highest BCUT2D eigenvalue weighted by atomic mass is 35.5. The summed E-state index contributed by atoms with van der Waals surface area (Å²) < 4.78 is 13.0. The predicted octanol–water partition coefficient (Wildman–Crippen LogP) is 9.56. The molecule has 2 aromatic carbocycles. The molecule has 0 bridgehead atoms. The van der Waals surface area contributed by atoms with Crippen LogP contribution in [0.15, 0.2) is 103 Å². The van der Waals surface area contributed by atoms with E-state index in [9.17, 15) is 9.59 Å². The van der Waals surface area contributed by atoms with Gasteiger partial charge in [-0.25, -0.2) is 4.98 Å². The highest BCUT2D eigenvalue weighted by Crippen LogP contribution is 2.26. The number of hydrogen-bond donors (Lipinski definition) is 0. The average Bonchev–Trinajstić information content (AvgIpc) is 3.65. The molecule has 254 valence electrons. The summed E-state index contributed by atoms with van der Waals surface area (Å²) in [6.45, 7) is 10.6. The molecule has 4 rings (SSSR count). The summed E-state index contributed by atoms with van der Waals surface area (Å²) in [6, 6.07) is 18.5. The molecule has 2 aromatic heterocycles. The highest BCUT2D eigenvalue weighted by Gasteiger charge is 2.10. The molecule has 0 fully saturated rings. The Bertz CT molecular complexity index is 1700. The average molecular weight is 670 g/mol. The third-order valence-corrected chi connectivity index (χ3v) is 6.89. The Morgan fingerprint density at radius 2 is 1.71 bits per heavy atom. The standard InChI is InChI=1S/C33H32ClN3O.C5H10O2.C2H6O/c1-4-5-9-27(24-38)10-6-7-21-37-23-31(30-18-17-29(34)22-25(30)2)35-33(37)19-14-26-12-15-28(16-13-26)32-11-8-20-36(32)3;1-5(2,3)7-4-6;1-3-2/h5-20,22-24H,4,21H2,1-3H3;4H,1-3H3;1-2H3/b7-6+,9-5-,19-14+,27-10+;;. The Balaban J connectivity index is 0.000000701. The van der Waals surface area contributed by atoms with Gasteiger partial charge in [0.1, 0.15) is 17.7 Å². The number of ether oxygens (including phenoxy) is 2. The van der Waals surface area contributed by atoms with E-state index in [0.717, 1.165) is 40.9 Å². The summed E-state index contributed by atoms with van der Waals surface area (Å²) in [5.74, 6) is 0.844. The van der Waals surface area contributed by atoms with Gasteiger partial charge in [-0.15, -0.1) is 0 Å². The lowest BCUT2D eigenvalue weighted by Crippen LogP contribution is -2.17. The van der Waals surface area contributed by atoms with Gasteiger partial charge in [-0.1, -0.05) is 85.3 Å². The largest absolute Gasteiger partial charge is 0.462 e. The summed E-state index contributed by atoms with van der Waals surface area (Å²) in [5.41, 5.74) is 6.80. The van der Waals surface area contributed by atoms with Crippen molar-refractivity contribution in [1.82, 2.24) is 14.1 Å². The van der Waals surface area contributed by atoms with Gasteiger partial charge in [0.15, 0.2) is 0 Å². The number of methoxy groups -OCH3 is 1. The molecule has 0 atom stereocenters. The van der Waals surface area contributed by atoms with Crippen molar-refractivity contribution in [1.29, 1.82) is 0 Å². The Morgan fingerprint density at radius 3 is 2.25 bits per heavy atom. The Kier molecular flexibility index (Phi) is 16.9. The number of hydrogen-bond acceptors (Lipinski definition) is 5. The number of aldehydes is 1. The fourth-order valence-corrected chi connectivity index (χ4v) is 4.56. The summed E-state index contributed by atoms with van der Waals surface area (Å²) in [6.07, 6.45) is 19.6. The van der Waals surface area contributed by atoms with Crippen molar-refractivity contribution in [3.63, 3.8) is 0 Å². The predicted molar refractivity (Wildman–Crippen MR) is 200 cm³/mol. The minimum Gasteiger partial charge on any atom is -0.462 e. The molecule has 0 saturated carbocycles. The molecular weight excluding hydrogens is 622 g/mol. The first kappa shape index (κ1) is 39.5. The van der Waals surface area contributed by atoms with E-state index < -0.39 is 0 Å². The lowest BCUT2D eigenvalue weighted by Gasteiger charge is -2.14. The molecule has 0 spiro atoms. The van der Waals surface area contributed by atoms with E-state index in [0.29, 0.717) is 23.6 Å². The molecule has 8 heteroatoms. The molecule has 7 nitrogen and oxygen atoms in total. The normalized spacial score (nSPS) is 11.7. The zero-order chi connectivity index (χ0) is 35.5. The highest BCUT2D eigenvalue weighted by molar-refractivity contribution is 6.30. The summed E-state index contributed by atoms with van der Waals surface area (Å²) in [4.78, 5) is 25.8. The Hall–Kier alpha value is -4.72. The van der Waals surface area contributed by atoms with Gasteiger partial charge in [-0.2, -0.15) is 0 Å². The van der Waals surface area contributed by atoms with E-state index in [2.05, 4.69) is 80.5 Å². The molecule has 48 heavy (non-hydrogen) atoms. The third-order valence-electron chi connectivity index (χ3n) is 6.66. The second-order valence-corrected chi connectivity index (χ2v) is 12.3. The number of allylic oxidation sites excluding steroid dienone is 6. The molecule has 0 amide bonds. The maximum Gasteiger partial charge on any atom is 0.293 e. The van der Waals surface area contributed by atoms with E-state index in [-0.39, 0.29) is 5.60 Å². The van der Waals surface area contributed by atoms with Crippen LogP contribution >= 0.6 is 11.6 Å². The first-order valence-corrected chi connectivity index (χ1v) is 16.1. The minimum atomic E-state index is -0.318. The quantitative estimate of drug-likeness (QED) is 0.0903. The molecule has 4 aromatic rings. The lowest BCUT2D eigenvalue weighted by molar-refractivity contribution is -0.138. The van der Waals surface area contributed by atoms with E-state index in [1.54, 1.807) is 14.2 Å². The molecule has 2 heterocycles.